The van der Waals surface area contributed by atoms with Crippen molar-refractivity contribution in [3.8, 4) is 11.1 Å². The third-order valence-corrected chi connectivity index (χ3v) is 11.1. The quantitative estimate of drug-likeness (QED) is 0.218. The summed E-state index contributed by atoms with van der Waals surface area (Å²) >= 11 is 1.08. The van der Waals surface area contributed by atoms with Gasteiger partial charge in [0.2, 0.25) is 5.91 Å². The van der Waals surface area contributed by atoms with Crippen LogP contribution < -0.4 is 5.32 Å². The fraction of sp³-hybridized carbons (Fsp3) is 0.312. The molecule has 2 heterocycles. The van der Waals surface area contributed by atoms with E-state index in [0.29, 0.717) is 29.2 Å². The topological polar surface area (TPSA) is 114 Å². The lowest BCUT2D eigenvalue weighted by atomic mass is 10.0. The van der Waals surface area contributed by atoms with Gasteiger partial charge < -0.3 is 10.2 Å². The highest BCUT2D eigenvalue weighted by Crippen LogP contribution is 2.38. The van der Waals surface area contributed by atoms with Crippen LogP contribution in [0.25, 0.3) is 21.3 Å². The number of nitrogens with zero attached hydrogens (tertiary/aromatic N) is 2. The smallest absolute Gasteiger partial charge is 0.254 e. The van der Waals surface area contributed by atoms with E-state index >= 15 is 0 Å². The molecule has 43 heavy (non-hydrogen) atoms. The second-order valence-electron chi connectivity index (χ2n) is 11.0. The molecule has 1 aliphatic heterocycles. The largest absolute Gasteiger partial charge is 0.348 e. The number of amides is 2. The highest BCUT2D eigenvalue weighted by Gasteiger charge is 2.39. The Balaban J connectivity index is 1.32. The van der Waals surface area contributed by atoms with Gasteiger partial charge in [0.1, 0.15) is 10.8 Å². The van der Waals surface area contributed by atoms with Gasteiger partial charge >= 0.3 is 0 Å². The zero-order chi connectivity index (χ0) is 30.3. The minimum absolute atomic E-state index is 0.0506. The predicted octanol–water partition coefficient (Wildman–Crippen LogP) is 5.61. The lowest BCUT2D eigenvalue weighted by Gasteiger charge is -2.15. The summed E-state index contributed by atoms with van der Waals surface area (Å²) < 4.78 is 41.8. The Labute approximate surface area is 252 Å². The van der Waals surface area contributed by atoms with Gasteiger partial charge in [-0.25, -0.2) is 17.8 Å². The molecule has 1 N–H and O–H groups in total. The van der Waals surface area contributed by atoms with E-state index in [0.717, 1.165) is 77.1 Å². The van der Waals surface area contributed by atoms with Crippen molar-refractivity contribution in [3.63, 3.8) is 0 Å². The van der Waals surface area contributed by atoms with Gasteiger partial charge in [-0.3, -0.25) is 14.4 Å². The molecule has 2 aliphatic rings. The fourth-order valence-corrected chi connectivity index (χ4v) is 8.31. The molecule has 0 bridgehead atoms. The van der Waals surface area contributed by atoms with E-state index in [4.69, 9.17) is 0 Å². The van der Waals surface area contributed by atoms with Crippen molar-refractivity contribution < 1.29 is 27.2 Å². The number of ketones is 1. The number of unbranched alkanes of at least 4 members (excludes halogenated alkanes) is 1. The molecule has 4 aromatic rings. The standard InChI is InChI=1S/C32H30FN3O5S2/c1-2-3-4-24(37)17-34-30(38)29(43(40,41)25-11-7-22(33)8-12-25)31-35-27-14-6-20(16-28(27)42-31)19-5-13-26-21(15-19)18-36(32(26)39)23-9-10-23/h5-8,11-16,23,29H,2-4,9-10,17-18H2,1H3,(H,34,38). The first-order valence-corrected chi connectivity index (χ1v) is 16.7. The summed E-state index contributed by atoms with van der Waals surface area (Å²) in [4.78, 5) is 44.6. The van der Waals surface area contributed by atoms with Crippen LogP contribution >= 0.6 is 11.3 Å². The van der Waals surface area contributed by atoms with E-state index in [-0.39, 0.29) is 34.6 Å². The first kappa shape index (κ1) is 29.1. The van der Waals surface area contributed by atoms with Crippen molar-refractivity contribution in [2.75, 3.05) is 6.54 Å². The molecule has 1 aromatic heterocycles. The van der Waals surface area contributed by atoms with Crippen LogP contribution in [0.3, 0.4) is 0 Å². The first-order chi connectivity index (χ1) is 20.7. The van der Waals surface area contributed by atoms with Gasteiger partial charge in [-0.2, -0.15) is 0 Å². The van der Waals surface area contributed by atoms with Crippen molar-refractivity contribution in [2.24, 2.45) is 0 Å². The average Bonchev–Trinajstić information content (AvgIpc) is 3.67. The molecular formula is C32H30FN3O5S2. The number of thiazole rings is 1. The van der Waals surface area contributed by atoms with Gasteiger partial charge in [-0.05, 0) is 84.5 Å². The minimum Gasteiger partial charge on any atom is -0.348 e. The van der Waals surface area contributed by atoms with Gasteiger partial charge in [0.25, 0.3) is 5.91 Å². The Morgan fingerprint density at radius 2 is 1.79 bits per heavy atom. The van der Waals surface area contributed by atoms with E-state index in [9.17, 15) is 27.2 Å². The molecule has 3 aromatic carbocycles. The summed E-state index contributed by atoms with van der Waals surface area (Å²) in [6.45, 7) is 2.25. The maximum atomic E-state index is 13.7. The lowest BCUT2D eigenvalue weighted by molar-refractivity contribution is -0.125. The van der Waals surface area contributed by atoms with Gasteiger partial charge in [0.05, 0.1) is 21.7 Å². The van der Waals surface area contributed by atoms with Crippen LogP contribution in [-0.2, 0) is 26.0 Å². The van der Waals surface area contributed by atoms with Crippen molar-refractivity contribution in [1.29, 1.82) is 0 Å². The minimum atomic E-state index is -4.34. The zero-order valence-electron chi connectivity index (χ0n) is 23.5. The summed E-state index contributed by atoms with van der Waals surface area (Å²) in [6.07, 6.45) is 3.86. The Hall–Kier alpha value is -3.96. The summed E-state index contributed by atoms with van der Waals surface area (Å²) in [6, 6.07) is 15.9. The second kappa shape index (κ2) is 11.6. The Bertz CT molecular complexity index is 1850. The van der Waals surface area contributed by atoms with Crippen molar-refractivity contribution in [3.05, 3.63) is 82.6 Å². The number of hydrogen-bond acceptors (Lipinski definition) is 7. The Kier molecular flexibility index (Phi) is 7.87. The molecule has 0 saturated heterocycles. The number of carbonyl (C=O) groups excluding carboxylic acids is 3. The number of sulfone groups is 1. The van der Waals surface area contributed by atoms with E-state index in [2.05, 4.69) is 10.3 Å². The maximum absolute atomic E-state index is 13.7. The number of hydrogen-bond donors (Lipinski definition) is 1. The van der Waals surface area contributed by atoms with Crippen LogP contribution in [0.2, 0.25) is 0 Å². The van der Waals surface area contributed by atoms with Crippen molar-refractivity contribution in [1.82, 2.24) is 15.2 Å². The number of rotatable bonds is 11. The number of aromatic nitrogens is 1. The van der Waals surface area contributed by atoms with Crippen LogP contribution in [0.4, 0.5) is 4.39 Å². The molecule has 11 heteroatoms. The summed E-state index contributed by atoms with van der Waals surface area (Å²) in [5, 5.41) is 0.821. The molecule has 1 atom stereocenters. The highest BCUT2D eigenvalue weighted by atomic mass is 32.2. The highest BCUT2D eigenvalue weighted by molar-refractivity contribution is 7.92. The molecule has 1 fully saturated rings. The number of nitrogens with one attached hydrogen (secondary N) is 1. The van der Waals surface area contributed by atoms with Crippen LogP contribution in [0, 0.1) is 5.82 Å². The van der Waals surface area contributed by atoms with Crippen LogP contribution in [0.5, 0.6) is 0 Å². The number of fused-ring (bicyclic) bond motifs is 2. The first-order valence-electron chi connectivity index (χ1n) is 14.3. The molecule has 6 rings (SSSR count). The Morgan fingerprint density at radius 1 is 1.07 bits per heavy atom. The molecule has 1 aliphatic carbocycles. The van der Waals surface area contributed by atoms with Gasteiger partial charge in [0.15, 0.2) is 20.9 Å². The number of carbonyl (C=O) groups is 3. The number of Topliss-reactive ketones (excluding diaryl/α,β-unsaturated/α-hetero) is 1. The van der Waals surface area contributed by atoms with Gasteiger partial charge in [0, 0.05) is 24.6 Å². The monoisotopic (exact) mass is 619 g/mol. The molecular weight excluding hydrogens is 590 g/mol. The van der Waals surface area contributed by atoms with Crippen LogP contribution in [0.15, 0.2) is 65.6 Å². The zero-order valence-corrected chi connectivity index (χ0v) is 25.1. The molecule has 2 amide bonds. The molecule has 1 unspecified atom stereocenters. The predicted molar refractivity (Wildman–Crippen MR) is 162 cm³/mol. The summed E-state index contributed by atoms with van der Waals surface area (Å²) in [5.41, 5.74) is 4.01. The van der Waals surface area contributed by atoms with Crippen molar-refractivity contribution >= 4 is 49.0 Å². The third-order valence-electron chi connectivity index (χ3n) is 7.85. The van der Waals surface area contributed by atoms with E-state index in [1.54, 1.807) is 6.07 Å². The van der Waals surface area contributed by atoms with Crippen LogP contribution in [-0.4, -0.2) is 48.5 Å². The maximum Gasteiger partial charge on any atom is 0.254 e. The second-order valence-corrected chi connectivity index (χ2v) is 14.1. The van der Waals surface area contributed by atoms with Crippen LogP contribution in [0.1, 0.15) is 65.2 Å². The molecule has 1 saturated carbocycles. The number of halogens is 1. The molecule has 0 radical (unpaired) electrons. The molecule has 0 spiro atoms. The SMILES string of the molecule is CCCCC(=O)CNC(=O)C(c1nc2ccc(-c3ccc4c(c3)CN(C3CC3)C4=O)cc2s1)S(=O)(=O)c1ccc(F)cc1. The van der Waals surface area contributed by atoms with Crippen molar-refractivity contribution in [2.45, 2.75) is 61.8 Å². The Morgan fingerprint density at radius 3 is 2.51 bits per heavy atom. The fourth-order valence-electron chi connectivity index (χ4n) is 5.32. The lowest BCUT2D eigenvalue weighted by Crippen LogP contribution is -2.37. The van der Waals surface area contributed by atoms with Gasteiger partial charge in [-0.15, -0.1) is 11.3 Å². The summed E-state index contributed by atoms with van der Waals surface area (Å²) in [5.74, 6) is -1.59. The van der Waals surface area contributed by atoms with E-state index in [1.165, 1.54) is 0 Å². The van der Waals surface area contributed by atoms with Gasteiger partial charge in [-0.1, -0.05) is 25.5 Å². The number of benzene rings is 3. The van der Waals surface area contributed by atoms with E-state index < -0.39 is 26.8 Å². The summed E-state index contributed by atoms with van der Waals surface area (Å²) in [7, 11) is -4.34. The molecule has 222 valence electrons. The molecule has 8 nitrogen and oxygen atoms in total. The third kappa shape index (κ3) is 5.83. The normalized spacial score (nSPS) is 15.5. The van der Waals surface area contributed by atoms with E-state index in [1.807, 2.05) is 42.2 Å². The average molecular weight is 620 g/mol.